The molecule has 6 bridgehead atoms. The third-order valence-electron chi connectivity index (χ3n) is 9.89. The summed E-state index contributed by atoms with van der Waals surface area (Å²) < 4.78 is 46.8. The van der Waals surface area contributed by atoms with Crippen molar-refractivity contribution in [3.63, 3.8) is 0 Å². The van der Waals surface area contributed by atoms with Crippen LogP contribution >= 0.6 is 0 Å². The molecule has 0 radical (unpaired) electrons. The van der Waals surface area contributed by atoms with Crippen LogP contribution in [0.3, 0.4) is 0 Å². The zero-order valence-corrected chi connectivity index (χ0v) is 30.5. The number of aliphatic hydroxyl groups excluding tert-OH is 2. The van der Waals surface area contributed by atoms with Crippen molar-refractivity contribution in [2.24, 2.45) is 5.41 Å². The molecule has 0 aliphatic carbocycles. The number of ether oxygens (including phenoxy) is 8. The number of hydrogen-bond acceptors (Lipinski definition) is 14. The fourth-order valence-electron chi connectivity index (χ4n) is 6.92. The molecular formula is C37H58O14. The molecule has 0 saturated carbocycles. The van der Waals surface area contributed by atoms with Crippen LogP contribution in [-0.4, -0.2) is 115 Å². The lowest BCUT2D eigenvalue weighted by atomic mass is 9.74. The quantitative estimate of drug-likeness (QED) is 0.103. The number of rotatable bonds is 9. The Balaban J connectivity index is 1.68. The van der Waals surface area contributed by atoms with E-state index in [0.717, 1.165) is 25.7 Å². The number of fused-ring (bicyclic) bond motifs is 6. The molecule has 0 spiro atoms. The van der Waals surface area contributed by atoms with Crippen molar-refractivity contribution in [1.82, 2.24) is 0 Å². The first-order valence-corrected chi connectivity index (χ1v) is 18.5. The van der Waals surface area contributed by atoms with E-state index in [1.54, 1.807) is 26.0 Å². The maximum absolute atomic E-state index is 13.3. The van der Waals surface area contributed by atoms with E-state index in [9.17, 15) is 29.7 Å². The molecule has 14 nitrogen and oxygen atoms in total. The zero-order chi connectivity index (χ0) is 37.0. The number of cyclic esters (lactones) is 1. The molecule has 3 saturated heterocycles. The number of esters is 3. The van der Waals surface area contributed by atoms with E-state index >= 15 is 0 Å². The highest BCUT2D eigenvalue weighted by molar-refractivity contribution is 5.83. The zero-order valence-electron chi connectivity index (χ0n) is 30.5. The van der Waals surface area contributed by atoms with E-state index in [2.05, 4.69) is 6.92 Å². The number of unbranched alkanes of at least 4 members (excludes halogenated alkanes) is 4. The van der Waals surface area contributed by atoms with E-state index in [1.807, 2.05) is 0 Å². The second-order valence-corrected chi connectivity index (χ2v) is 14.5. The second-order valence-electron chi connectivity index (χ2n) is 14.5. The molecule has 0 aromatic heterocycles. The maximum atomic E-state index is 13.3. The van der Waals surface area contributed by atoms with Crippen LogP contribution in [0.4, 0.5) is 0 Å². The summed E-state index contributed by atoms with van der Waals surface area (Å²) in [5.41, 5.74) is -1.07. The number of methoxy groups -OCH3 is 1. The smallest absolute Gasteiger partial charge is 0.330 e. The fourth-order valence-corrected chi connectivity index (χ4v) is 6.92. The summed E-state index contributed by atoms with van der Waals surface area (Å²) in [6, 6.07) is 0. The summed E-state index contributed by atoms with van der Waals surface area (Å²) >= 11 is 0. The molecule has 4 rings (SSSR count). The lowest BCUT2D eigenvalue weighted by molar-refractivity contribution is -0.327. The minimum Gasteiger partial charge on any atom is -0.466 e. The topological polar surface area (TPSA) is 186 Å². The van der Waals surface area contributed by atoms with Crippen LogP contribution in [0.5, 0.6) is 0 Å². The highest BCUT2D eigenvalue weighted by Crippen LogP contribution is 2.47. The minimum absolute atomic E-state index is 0.0175. The molecule has 14 heteroatoms. The van der Waals surface area contributed by atoms with Gasteiger partial charge in [-0.3, -0.25) is 9.59 Å². The molecule has 0 aromatic rings. The fraction of sp³-hybridized carbons (Fsp3) is 0.811. The van der Waals surface area contributed by atoms with E-state index in [0.29, 0.717) is 38.9 Å². The summed E-state index contributed by atoms with van der Waals surface area (Å²) in [7, 11) is 1.21. The summed E-state index contributed by atoms with van der Waals surface area (Å²) in [5.74, 6) is -4.30. The highest BCUT2D eigenvalue weighted by Gasteiger charge is 2.57. The van der Waals surface area contributed by atoms with Gasteiger partial charge in [-0.15, -0.1) is 0 Å². The van der Waals surface area contributed by atoms with E-state index in [1.165, 1.54) is 13.2 Å². The summed E-state index contributed by atoms with van der Waals surface area (Å²) in [6.45, 7) is 5.76. The normalized spacial score (nSPS) is 35.7. The van der Waals surface area contributed by atoms with Gasteiger partial charge >= 0.3 is 17.9 Å². The van der Waals surface area contributed by atoms with Gasteiger partial charge in [0, 0.05) is 37.2 Å². The second kappa shape index (κ2) is 19.6. The SMILES string of the molecule is CCCCCCCC(=O)O[C@H]1C(=CC(=O)OC)C[C@H]2C[C@H](CO)OC(=O)C[C@H](O)C[C@@H]3OCCC(CC4CCO[C@H](C=CC(C)(C)[C@]1(O)O2)O4)O3. The van der Waals surface area contributed by atoms with Gasteiger partial charge in [0.05, 0.1) is 57.8 Å². The van der Waals surface area contributed by atoms with Gasteiger partial charge < -0.3 is 53.2 Å². The Morgan fingerprint density at radius 1 is 0.980 bits per heavy atom. The number of carbonyl (C=O) groups excluding carboxylic acids is 3. The van der Waals surface area contributed by atoms with Gasteiger partial charge in [0.25, 0.3) is 0 Å². The first-order valence-electron chi connectivity index (χ1n) is 18.5. The van der Waals surface area contributed by atoms with E-state index in [-0.39, 0.29) is 49.9 Å². The Hall–Kier alpha value is -2.43. The Kier molecular flexibility index (Phi) is 15.9. The average molecular weight is 727 g/mol. The van der Waals surface area contributed by atoms with Crippen LogP contribution in [0.25, 0.3) is 0 Å². The van der Waals surface area contributed by atoms with Crippen molar-refractivity contribution >= 4 is 17.9 Å². The largest absolute Gasteiger partial charge is 0.466 e. The molecule has 4 heterocycles. The molecule has 51 heavy (non-hydrogen) atoms. The predicted molar refractivity (Wildman–Crippen MR) is 181 cm³/mol. The molecule has 4 aliphatic heterocycles. The van der Waals surface area contributed by atoms with Gasteiger partial charge in [0.2, 0.25) is 5.79 Å². The molecule has 2 unspecified atom stereocenters. The van der Waals surface area contributed by atoms with Crippen molar-refractivity contribution in [1.29, 1.82) is 0 Å². The van der Waals surface area contributed by atoms with E-state index in [4.69, 9.17) is 37.9 Å². The minimum atomic E-state index is -2.26. The standard InChI is InChI=1S/C37H58O14/c1-5-6-7-8-9-10-30(40)50-35-24(18-31(41)44-4)17-28-22-29(23-38)47-32(42)19-25(39)20-34-46-16-13-27(49-34)21-26-12-15-45-33(48-26)11-14-36(2,3)37(35,43)51-28/h11,14,18,25-29,33-35,38-39,43H,5-10,12-13,15-17,19-23H2,1-4H3/t25-,26?,27?,28-,29+,33-,34+,35-,37+/m0/s1. The Morgan fingerprint density at radius 3 is 2.43 bits per heavy atom. The van der Waals surface area contributed by atoms with Crippen LogP contribution in [0, 0.1) is 5.41 Å². The third-order valence-corrected chi connectivity index (χ3v) is 9.89. The Morgan fingerprint density at radius 2 is 1.71 bits per heavy atom. The number of carbonyl (C=O) groups is 3. The van der Waals surface area contributed by atoms with Gasteiger partial charge in [0.1, 0.15) is 6.10 Å². The molecule has 3 N–H and O–H groups in total. The molecule has 0 amide bonds. The van der Waals surface area contributed by atoms with Gasteiger partial charge in [-0.05, 0) is 37.3 Å². The lowest BCUT2D eigenvalue weighted by Gasteiger charge is -2.51. The predicted octanol–water partition coefficient (Wildman–Crippen LogP) is 3.52. The average Bonchev–Trinajstić information content (AvgIpc) is 3.08. The van der Waals surface area contributed by atoms with Crippen LogP contribution in [0.15, 0.2) is 23.8 Å². The highest BCUT2D eigenvalue weighted by atomic mass is 16.7. The summed E-state index contributed by atoms with van der Waals surface area (Å²) in [4.78, 5) is 38.8. The summed E-state index contributed by atoms with van der Waals surface area (Å²) in [6.07, 6.45) is 4.12. The molecule has 4 aliphatic rings. The van der Waals surface area contributed by atoms with Crippen LogP contribution in [-0.2, 0) is 52.3 Å². The first-order chi connectivity index (χ1) is 24.3. The van der Waals surface area contributed by atoms with Crippen molar-refractivity contribution < 1.29 is 67.6 Å². The van der Waals surface area contributed by atoms with Crippen molar-refractivity contribution in [2.75, 3.05) is 26.9 Å². The Labute approximate surface area is 300 Å². The van der Waals surface area contributed by atoms with Crippen molar-refractivity contribution in [3.8, 4) is 0 Å². The number of hydrogen-bond donors (Lipinski definition) is 3. The van der Waals surface area contributed by atoms with Gasteiger partial charge in [-0.1, -0.05) is 52.5 Å². The van der Waals surface area contributed by atoms with Crippen LogP contribution < -0.4 is 0 Å². The van der Waals surface area contributed by atoms with Crippen molar-refractivity contribution in [2.45, 2.75) is 159 Å². The molecule has 290 valence electrons. The van der Waals surface area contributed by atoms with Gasteiger partial charge in [-0.25, -0.2) is 4.79 Å². The maximum Gasteiger partial charge on any atom is 0.330 e. The monoisotopic (exact) mass is 726 g/mol. The Bertz CT molecular complexity index is 1200. The van der Waals surface area contributed by atoms with Crippen molar-refractivity contribution in [3.05, 3.63) is 23.8 Å². The summed E-state index contributed by atoms with van der Waals surface area (Å²) in [5, 5.41) is 33.5. The first kappa shape index (κ1) is 41.3. The molecular weight excluding hydrogens is 668 g/mol. The number of aliphatic hydroxyl groups is 3. The lowest BCUT2D eigenvalue weighted by Crippen LogP contribution is -2.62. The third kappa shape index (κ3) is 12.0. The van der Waals surface area contributed by atoms with Gasteiger partial charge in [0.15, 0.2) is 18.7 Å². The van der Waals surface area contributed by atoms with Crippen LogP contribution in [0.1, 0.15) is 104 Å². The van der Waals surface area contributed by atoms with E-state index < -0.39 is 72.7 Å². The molecule has 3 fully saturated rings. The van der Waals surface area contributed by atoms with Crippen LogP contribution in [0.2, 0.25) is 0 Å². The molecule has 0 aromatic carbocycles. The van der Waals surface area contributed by atoms with Gasteiger partial charge in [-0.2, -0.15) is 0 Å². The molecule has 9 atom stereocenters.